The molecule has 2 aliphatic heterocycles. The Morgan fingerprint density at radius 3 is 3.00 bits per heavy atom. The van der Waals surface area contributed by atoms with Crippen LogP contribution in [0.4, 0.5) is 5.69 Å². The number of aromatic hydroxyl groups is 1. The molecule has 0 aromatic heterocycles. The number of nitrogens with one attached hydrogen (secondary N) is 1. The molecule has 1 fully saturated rings. The molecule has 2 N–H and O–H groups in total. The zero-order valence-electron chi connectivity index (χ0n) is 9.14. The van der Waals surface area contributed by atoms with Crippen molar-refractivity contribution < 1.29 is 14.7 Å². The number of phenols is 1. The zero-order chi connectivity index (χ0) is 12.0. The second kappa shape index (κ2) is 3.48. The number of carbonyl (C=O) groups is 2. The number of benzene rings is 1. The van der Waals surface area contributed by atoms with E-state index in [2.05, 4.69) is 5.32 Å². The SMILES string of the molecule is O=C1Nc2c(O)cccc2C(=O)N2CCCC12. The van der Waals surface area contributed by atoms with Crippen molar-refractivity contribution in [2.45, 2.75) is 18.9 Å². The molecule has 1 saturated heterocycles. The topological polar surface area (TPSA) is 69.6 Å². The van der Waals surface area contributed by atoms with Gasteiger partial charge < -0.3 is 15.3 Å². The Bertz CT molecular complexity index is 512. The molecule has 1 unspecified atom stereocenters. The summed E-state index contributed by atoms with van der Waals surface area (Å²) < 4.78 is 0. The molecule has 1 aromatic carbocycles. The number of fused-ring (bicyclic) bond motifs is 2. The van der Waals surface area contributed by atoms with E-state index >= 15 is 0 Å². The number of hydrogen-bond acceptors (Lipinski definition) is 3. The lowest BCUT2D eigenvalue weighted by molar-refractivity contribution is -0.119. The highest BCUT2D eigenvalue weighted by atomic mass is 16.3. The smallest absolute Gasteiger partial charge is 0.256 e. The highest BCUT2D eigenvalue weighted by Gasteiger charge is 2.38. The van der Waals surface area contributed by atoms with Gasteiger partial charge in [0.1, 0.15) is 11.8 Å². The molecule has 0 spiro atoms. The Morgan fingerprint density at radius 2 is 2.18 bits per heavy atom. The molecule has 88 valence electrons. The average molecular weight is 232 g/mol. The second-order valence-corrected chi connectivity index (χ2v) is 4.35. The predicted octanol–water partition coefficient (Wildman–Crippen LogP) is 0.949. The van der Waals surface area contributed by atoms with Crippen molar-refractivity contribution in [2.75, 3.05) is 11.9 Å². The van der Waals surface area contributed by atoms with Gasteiger partial charge in [-0.3, -0.25) is 9.59 Å². The molecule has 17 heavy (non-hydrogen) atoms. The van der Waals surface area contributed by atoms with E-state index in [1.165, 1.54) is 6.07 Å². The van der Waals surface area contributed by atoms with Crippen LogP contribution < -0.4 is 5.32 Å². The minimum absolute atomic E-state index is 0.0645. The second-order valence-electron chi connectivity index (χ2n) is 4.35. The largest absolute Gasteiger partial charge is 0.506 e. The molecule has 0 saturated carbocycles. The van der Waals surface area contributed by atoms with E-state index in [0.717, 1.165) is 6.42 Å². The summed E-state index contributed by atoms with van der Waals surface area (Å²) in [7, 11) is 0. The van der Waals surface area contributed by atoms with Crippen LogP contribution in [0.15, 0.2) is 18.2 Å². The average Bonchev–Trinajstić information content (AvgIpc) is 2.76. The summed E-state index contributed by atoms with van der Waals surface area (Å²) in [4.78, 5) is 25.8. The van der Waals surface area contributed by atoms with E-state index < -0.39 is 6.04 Å². The number of amides is 2. The summed E-state index contributed by atoms with van der Waals surface area (Å²) in [6, 6.07) is 4.30. The van der Waals surface area contributed by atoms with Gasteiger partial charge in [-0.15, -0.1) is 0 Å². The molecular weight excluding hydrogens is 220 g/mol. The summed E-state index contributed by atoms with van der Waals surface area (Å²) in [6.45, 7) is 0.603. The van der Waals surface area contributed by atoms with E-state index in [0.29, 0.717) is 18.5 Å². The fourth-order valence-electron chi connectivity index (χ4n) is 2.49. The first kappa shape index (κ1) is 10.1. The third kappa shape index (κ3) is 1.39. The van der Waals surface area contributed by atoms with Gasteiger partial charge in [-0.05, 0) is 25.0 Å². The van der Waals surface area contributed by atoms with Crippen LogP contribution >= 0.6 is 0 Å². The van der Waals surface area contributed by atoms with Gasteiger partial charge in [0, 0.05) is 6.54 Å². The van der Waals surface area contributed by atoms with Gasteiger partial charge in [-0.2, -0.15) is 0 Å². The van der Waals surface area contributed by atoms with Crippen LogP contribution in [0, 0.1) is 0 Å². The maximum absolute atomic E-state index is 12.2. The van der Waals surface area contributed by atoms with E-state index in [-0.39, 0.29) is 23.3 Å². The van der Waals surface area contributed by atoms with Crippen LogP contribution in [0.3, 0.4) is 0 Å². The fourth-order valence-corrected chi connectivity index (χ4v) is 2.49. The van der Waals surface area contributed by atoms with Gasteiger partial charge in [0.25, 0.3) is 5.91 Å². The lowest BCUT2D eigenvalue weighted by Crippen LogP contribution is -2.40. The van der Waals surface area contributed by atoms with Crippen molar-refractivity contribution in [1.29, 1.82) is 0 Å². The van der Waals surface area contributed by atoms with Crippen LogP contribution in [-0.2, 0) is 4.79 Å². The third-order valence-electron chi connectivity index (χ3n) is 3.34. The summed E-state index contributed by atoms with van der Waals surface area (Å²) in [6.07, 6.45) is 1.53. The monoisotopic (exact) mass is 232 g/mol. The molecule has 2 amide bonds. The number of hydrogen-bond donors (Lipinski definition) is 2. The predicted molar refractivity (Wildman–Crippen MR) is 60.8 cm³/mol. The van der Waals surface area contributed by atoms with Crippen LogP contribution in [0.5, 0.6) is 5.75 Å². The van der Waals surface area contributed by atoms with Crippen LogP contribution in [0.1, 0.15) is 23.2 Å². The van der Waals surface area contributed by atoms with Crippen molar-refractivity contribution in [3.63, 3.8) is 0 Å². The van der Waals surface area contributed by atoms with Crippen molar-refractivity contribution >= 4 is 17.5 Å². The molecule has 5 nitrogen and oxygen atoms in total. The molecular formula is C12H12N2O3. The molecule has 0 aliphatic carbocycles. The number of anilines is 1. The minimum atomic E-state index is -0.394. The molecule has 0 radical (unpaired) electrons. The number of nitrogens with zero attached hydrogens (tertiary/aromatic N) is 1. The lowest BCUT2D eigenvalue weighted by Gasteiger charge is -2.19. The number of rotatable bonds is 0. The Balaban J connectivity index is 2.15. The standard InChI is InChI=1S/C12H12N2O3/c15-9-5-1-3-7-10(9)13-11(16)8-4-2-6-14(8)12(7)17/h1,3,5,8,15H,2,4,6H2,(H,13,16). The lowest BCUT2D eigenvalue weighted by atomic mass is 10.1. The van der Waals surface area contributed by atoms with Crippen LogP contribution in [0.2, 0.25) is 0 Å². The zero-order valence-corrected chi connectivity index (χ0v) is 9.14. The molecule has 2 aliphatic rings. The van der Waals surface area contributed by atoms with Crippen LogP contribution in [0.25, 0.3) is 0 Å². The molecule has 3 rings (SSSR count). The van der Waals surface area contributed by atoms with Gasteiger partial charge in [-0.25, -0.2) is 0 Å². The van der Waals surface area contributed by atoms with E-state index in [9.17, 15) is 14.7 Å². The van der Waals surface area contributed by atoms with Crippen molar-refractivity contribution in [2.24, 2.45) is 0 Å². The third-order valence-corrected chi connectivity index (χ3v) is 3.34. The maximum atomic E-state index is 12.2. The van der Waals surface area contributed by atoms with Gasteiger partial charge in [0.05, 0.1) is 11.3 Å². The van der Waals surface area contributed by atoms with Crippen molar-refractivity contribution in [3.05, 3.63) is 23.8 Å². The Hall–Kier alpha value is -2.04. The Labute approximate surface area is 98.0 Å². The Kier molecular flexibility index (Phi) is 2.07. The summed E-state index contributed by atoms with van der Waals surface area (Å²) in [5.74, 6) is -0.460. The van der Waals surface area contributed by atoms with E-state index in [4.69, 9.17) is 0 Å². The highest BCUT2D eigenvalue weighted by Crippen LogP contribution is 2.33. The maximum Gasteiger partial charge on any atom is 0.256 e. The molecule has 5 heteroatoms. The summed E-state index contributed by atoms with van der Waals surface area (Å²) in [5.41, 5.74) is 0.597. The highest BCUT2D eigenvalue weighted by molar-refractivity contribution is 6.11. The first-order valence-corrected chi connectivity index (χ1v) is 5.62. The van der Waals surface area contributed by atoms with Gasteiger partial charge >= 0.3 is 0 Å². The molecule has 2 heterocycles. The number of phenolic OH excluding ortho intramolecular Hbond substituents is 1. The molecule has 0 bridgehead atoms. The quantitative estimate of drug-likeness (QED) is 0.654. The number of para-hydroxylation sites is 1. The van der Waals surface area contributed by atoms with Crippen molar-refractivity contribution in [3.8, 4) is 5.75 Å². The molecule has 1 aromatic rings. The van der Waals surface area contributed by atoms with Gasteiger partial charge in [-0.1, -0.05) is 6.07 Å². The van der Waals surface area contributed by atoms with Crippen LogP contribution in [-0.4, -0.2) is 34.4 Å². The Morgan fingerprint density at radius 1 is 1.35 bits per heavy atom. The van der Waals surface area contributed by atoms with Crippen molar-refractivity contribution in [1.82, 2.24) is 4.90 Å². The summed E-state index contributed by atoms with van der Waals surface area (Å²) >= 11 is 0. The fraction of sp³-hybridized carbons (Fsp3) is 0.333. The normalized spacial score (nSPS) is 22.8. The minimum Gasteiger partial charge on any atom is -0.506 e. The first-order valence-electron chi connectivity index (χ1n) is 5.62. The summed E-state index contributed by atoms with van der Waals surface area (Å²) in [5, 5.41) is 12.3. The first-order chi connectivity index (χ1) is 8.18. The van der Waals surface area contributed by atoms with E-state index in [1.54, 1.807) is 17.0 Å². The molecule has 1 atom stereocenters. The van der Waals surface area contributed by atoms with Gasteiger partial charge in [0.2, 0.25) is 5.91 Å². The number of carbonyl (C=O) groups excluding carboxylic acids is 2. The van der Waals surface area contributed by atoms with Gasteiger partial charge in [0.15, 0.2) is 0 Å². The van der Waals surface area contributed by atoms with E-state index in [1.807, 2.05) is 0 Å².